The molecule has 4 rings (SSSR count). The summed E-state index contributed by atoms with van der Waals surface area (Å²) in [7, 11) is 0. The Hall–Kier alpha value is -3.15. The van der Waals surface area contributed by atoms with Crippen LogP contribution in [0.3, 0.4) is 0 Å². The van der Waals surface area contributed by atoms with Crippen LogP contribution in [0, 0.1) is 0 Å². The normalized spacial score (nSPS) is 14.1. The Labute approximate surface area is 170 Å². The number of fused-ring (bicyclic) bond motifs is 1. The predicted octanol–water partition coefficient (Wildman–Crippen LogP) is 3.41. The molecule has 29 heavy (non-hydrogen) atoms. The molecule has 1 aliphatic rings. The zero-order valence-electron chi connectivity index (χ0n) is 16.7. The molecule has 6 nitrogen and oxygen atoms in total. The number of carbonyl (C=O) groups is 1. The Kier molecular flexibility index (Phi) is 5.89. The summed E-state index contributed by atoms with van der Waals surface area (Å²) in [5.41, 5.74) is 4.48. The van der Waals surface area contributed by atoms with Gasteiger partial charge in [0, 0.05) is 24.0 Å². The summed E-state index contributed by atoms with van der Waals surface area (Å²) in [5.74, 6) is 0.566. The Balaban J connectivity index is 1.40. The van der Waals surface area contributed by atoms with Gasteiger partial charge in [-0.25, -0.2) is 0 Å². The summed E-state index contributed by atoms with van der Waals surface area (Å²) in [4.78, 5) is 16.9. The quantitative estimate of drug-likeness (QED) is 0.671. The molecule has 2 aromatic heterocycles. The summed E-state index contributed by atoms with van der Waals surface area (Å²) in [6.45, 7) is 2.91. The minimum absolute atomic E-state index is 0.125. The van der Waals surface area contributed by atoms with Crippen molar-refractivity contribution in [2.24, 2.45) is 0 Å². The minimum Gasteiger partial charge on any atom is -0.481 e. The Morgan fingerprint density at radius 3 is 2.72 bits per heavy atom. The third kappa shape index (κ3) is 4.47. The van der Waals surface area contributed by atoms with Crippen molar-refractivity contribution in [3.63, 3.8) is 0 Å². The van der Waals surface area contributed by atoms with Gasteiger partial charge in [0.05, 0.1) is 12.2 Å². The predicted molar refractivity (Wildman–Crippen MR) is 112 cm³/mol. The SMILES string of the molecule is CC(Oc1ccccc1)C(=O)NCCn1nc(-c2ccccn2)c2c1CCCC2. The molecule has 150 valence electrons. The van der Waals surface area contributed by atoms with Crippen LogP contribution >= 0.6 is 0 Å². The molecule has 0 radical (unpaired) electrons. The zero-order chi connectivity index (χ0) is 20.1. The number of ether oxygens (including phenoxy) is 1. The van der Waals surface area contributed by atoms with Crippen LogP contribution in [0.2, 0.25) is 0 Å². The highest BCUT2D eigenvalue weighted by Crippen LogP contribution is 2.30. The number of pyridine rings is 1. The highest BCUT2D eigenvalue weighted by molar-refractivity contribution is 5.80. The van der Waals surface area contributed by atoms with E-state index in [2.05, 4.69) is 10.3 Å². The third-order valence-corrected chi connectivity index (χ3v) is 5.21. The van der Waals surface area contributed by atoms with Crippen molar-refractivity contribution >= 4 is 5.91 Å². The second kappa shape index (κ2) is 8.90. The van der Waals surface area contributed by atoms with Crippen molar-refractivity contribution in [1.82, 2.24) is 20.1 Å². The standard InChI is InChI=1S/C23H26N4O2/c1-17(29-18-9-3-2-4-10-18)23(28)25-15-16-27-21-13-6-5-11-19(21)22(26-27)20-12-7-8-14-24-20/h2-4,7-10,12,14,17H,5-6,11,13,15-16H2,1H3,(H,25,28). The molecule has 0 bridgehead atoms. The number of rotatable bonds is 7. The van der Waals surface area contributed by atoms with E-state index in [1.807, 2.05) is 53.2 Å². The molecule has 1 unspecified atom stereocenters. The molecule has 0 saturated heterocycles. The first-order valence-corrected chi connectivity index (χ1v) is 10.2. The maximum Gasteiger partial charge on any atom is 0.260 e. The molecule has 1 atom stereocenters. The van der Waals surface area contributed by atoms with Crippen LogP contribution in [0.1, 0.15) is 31.0 Å². The highest BCUT2D eigenvalue weighted by atomic mass is 16.5. The van der Waals surface area contributed by atoms with Crippen molar-refractivity contribution in [2.75, 3.05) is 6.54 Å². The van der Waals surface area contributed by atoms with Crippen LogP contribution in [-0.2, 0) is 24.2 Å². The van der Waals surface area contributed by atoms with Crippen LogP contribution in [0.5, 0.6) is 5.75 Å². The van der Waals surface area contributed by atoms with E-state index in [1.165, 1.54) is 24.1 Å². The Morgan fingerprint density at radius 2 is 1.93 bits per heavy atom. The van der Waals surface area contributed by atoms with Crippen molar-refractivity contribution < 1.29 is 9.53 Å². The van der Waals surface area contributed by atoms with Gasteiger partial charge in [-0.1, -0.05) is 24.3 Å². The van der Waals surface area contributed by atoms with Crippen LogP contribution in [0.25, 0.3) is 11.4 Å². The fourth-order valence-electron chi connectivity index (χ4n) is 3.75. The Morgan fingerprint density at radius 1 is 1.14 bits per heavy atom. The monoisotopic (exact) mass is 390 g/mol. The van der Waals surface area contributed by atoms with Crippen molar-refractivity contribution in [1.29, 1.82) is 0 Å². The minimum atomic E-state index is -0.548. The first-order chi connectivity index (χ1) is 14.2. The lowest BCUT2D eigenvalue weighted by Gasteiger charge is -2.16. The zero-order valence-corrected chi connectivity index (χ0v) is 16.7. The molecular formula is C23H26N4O2. The third-order valence-electron chi connectivity index (χ3n) is 5.21. The van der Waals surface area contributed by atoms with Gasteiger partial charge in [-0.3, -0.25) is 14.5 Å². The molecule has 1 aliphatic carbocycles. The summed E-state index contributed by atoms with van der Waals surface area (Å²) in [6.07, 6.45) is 5.68. The van der Waals surface area contributed by atoms with E-state index in [-0.39, 0.29) is 5.91 Å². The molecule has 1 amide bonds. The number of nitrogens with zero attached hydrogens (tertiary/aromatic N) is 3. The molecule has 0 saturated carbocycles. The van der Waals surface area contributed by atoms with E-state index in [4.69, 9.17) is 9.84 Å². The van der Waals surface area contributed by atoms with E-state index >= 15 is 0 Å². The summed E-state index contributed by atoms with van der Waals surface area (Å²) >= 11 is 0. The maximum absolute atomic E-state index is 12.4. The van der Waals surface area contributed by atoms with Gasteiger partial charge in [-0.2, -0.15) is 5.10 Å². The van der Waals surface area contributed by atoms with Crippen molar-refractivity contribution in [3.8, 4) is 17.1 Å². The number of benzene rings is 1. The summed E-state index contributed by atoms with van der Waals surface area (Å²) in [6, 6.07) is 15.3. The van der Waals surface area contributed by atoms with Crippen LogP contribution in [-0.4, -0.2) is 33.3 Å². The molecule has 6 heteroatoms. The lowest BCUT2D eigenvalue weighted by atomic mass is 9.95. The lowest BCUT2D eigenvalue weighted by molar-refractivity contribution is -0.127. The molecule has 0 spiro atoms. The molecule has 3 aromatic rings. The molecule has 0 fully saturated rings. The molecule has 1 N–H and O–H groups in total. The van der Waals surface area contributed by atoms with E-state index in [0.29, 0.717) is 18.8 Å². The van der Waals surface area contributed by atoms with Gasteiger partial charge in [0.1, 0.15) is 11.4 Å². The molecular weight excluding hydrogens is 364 g/mol. The largest absolute Gasteiger partial charge is 0.481 e. The lowest BCUT2D eigenvalue weighted by Crippen LogP contribution is -2.38. The van der Waals surface area contributed by atoms with E-state index < -0.39 is 6.10 Å². The van der Waals surface area contributed by atoms with E-state index in [9.17, 15) is 4.79 Å². The van der Waals surface area contributed by atoms with E-state index in [1.54, 1.807) is 13.1 Å². The van der Waals surface area contributed by atoms with Crippen LogP contribution in [0.4, 0.5) is 0 Å². The second-order valence-corrected chi connectivity index (χ2v) is 7.28. The van der Waals surface area contributed by atoms with Gasteiger partial charge >= 0.3 is 0 Å². The number of aromatic nitrogens is 3. The fraction of sp³-hybridized carbons (Fsp3) is 0.348. The van der Waals surface area contributed by atoms with Crippen molar-refractivity contribution in [3.05, 3.63) is 66.0 Å². The average Bonchev–Trinajstić information content (AvgIpc) is 3.14. The summed E-state index contributed by atoms with van der Waals surface area (Å²) < 4.78 is 7.73. The van der Waals surface area contributed by atoms with Crippen LogP contribution < -0.4 is 10.1 Å². The fourth-order valence-corrected chi connectivity index (χ4v) is 3.75. The van der Waals surface area contributed by atoms with Crippen LogP contribution in [0.15, 0.2) is 54.7 Å². The first kappa shape index (κ1) is 19.2. The highest BCUT2D eigenvalue weighted by Gasteiger charge is 2.22. The van der Waals surface area contributed by atoms with Gasteiger partial charge in [0.25, 0.3) is 5.91 Å². The van der Waals surface area contributed by atoms with Crippen molar-refractivity contribution in [2.45, 2.75) is 45.3 Å². The van der Waals surface area contributed by atoms with Gasteiger partial charge in [0.15, 0.2) is 6.10 Å². The number of hydrogen-bond donors (Lipinski definition) is 1. The maximum atomic E-state index is 12.4. The first-order valence-electron chi connectivity index (χ1n) is 10.2. The smallest absolute Gasteiger partial charge is 0.260 e. The molecule has 2 heterocycles. The number of nitrogens with one attached hydrogen (secondary N) is 1. The second-order valence-electron chi connectivity index (χ2n) is 7.28. The average molecular weight is 390 g/mol. The Bertz CT molecular complexity index is 954. The van der Waals surface area contributed by atoms with Gasteiger partial charge in [-0.15, -0.1) is 0 Å². The summed E-state index contributed by atoms with van der Waals surface area (Å²) in [5, 5.41) is 7.81. The van der Waals surface area contributed by atoms with Gasteiger partial charge in [0.2, 0.25) is 0 Å². The number of carbonyl (C=O) groups excluding carboxylic acids is 1. The topological polar surface area (TPSA) is 69.0 Å². The number of amides is 1. The van der Waals surface area contributed by atoms with Gasteiger partial charge in [-0.05, 0) is 56.9 Å². The van der Waals surface area contributed by atoms with Gasteiger partial charge < -0.3 is 10.1 Å². The number of para-hydroxylation sites is 1. The molecule has 0 aliphatic heterocycles. The van der Waals surface area contributed by atoms with E-state index in [0.717, 1.165) is 24.2 Å². The number of hydrogen-bond acceptors (Lipinski definition) is 4. The molecule has 1 aromatic carbocycles.